The molecule has 0 aromatic heterocycles. The van der Waals surface area contributed by atoms with E-state index in [2.05, 4.69) is 11.7 Å². The summed E-state index contributed by atoms with van der Waals surface area (Å²) in [5.74, 6) is -0.110. The van der Waals surface area contributed by atoms with Crippen molar-refractivity contribution >= 4 is 5.97 Å². The molecule has 0 atom stereocenters. The molecule has 0 aromatic rings. The molecule has 2 nitrogen and oxygen atoms in total. The van der Waals surface area contributed by atoms with Gasteiger partial charge in [0.1, 0.15) is 0 Å². The van der Waals surface area contributed by atoms with E-state index in [9.17, 15) is 4.79 Å². The van der Waals surface area contributed by atoms with Crippen molar-refractivity contribution in [2.45, 2.75) is 26.2 Å². The van der Waals surface area contributed by atoms with Gasteiger partial charge in [-0.15, -0.1) is 0 Å². The normalized spacial score (nSPS) is 7.45. The van der Waals surface area contributed by atoms with Gasteiger partial charge in [0.25, 0.3) is 0 Å². The first-order valence-corrected chi connectivity index (χ1v) is 3.26. The van der Waals surface area contributed by atoms with E-state index >= 15 is 0 Å². The molecular formula is C7H13IO2Zn. The zero-order valence-electron chi connectivity index (χ0n) is 6.94. The molecule has 0 fully saturated rings. The third kappa shape index (κ3) is 13.8. The minimum atomic E-state index is -0.110. The van der Waals surface area contributed by atoms with Crippen LogP contribution in [0.1, 0.15) is 26.2 Å². The Balaban J connectivity index is -0.000000320. The third-order valence-corrected chi connectivity index (χ3v) is 0.936. The molecule has 4 heteroatoms. The molecule has 0 aliphatic carbocycles. The van der Waals surface area contributed by atoms with Crippen molar-refractivity contribution in [1.82, 2.24) is 0 Å². The van der Waals surface area contributed by atoms with Crippen molar-refractivity contribution in [3.05, 3.63) is 6.92 Å². The van der Waals surface area contributed by atoms with Crippen LogP contribution < -0.4 is 24.0 Å². The topological polar surface area (TPSA) is 26.3 Å². The summed E-state index contributed by atoms with van der Waals surface area (Å²) in [5.41, 5.74) is 0. The van der Waals surface area contributed by atoms with Gasteiger partial charge >= 0.3 is 25.4 Å². The van der Waals surface area contributed by atoms with Crippen LogP contribution in [0.15, 0.2) is 0 Å². The van der Waals surface area contributed by atoms with E-state index in [0.717, 1.165) is 12.8 Å². The monoisotopic (exact) mass is 320 g/mol. The molecule has 0 amide bonds. The molecule has 0 radical (unpaired) electrons. The van der Waals surface area contributed by atoms with Crippen LogP contribution in [0.25, 0.3) is 0 Å². The van der Waals surface area contributed by atoms with Crippen molar-refractivity contribution in [1.29, 1.82) is 0 Å². The smallest absolute Gasteiger partial charge is 1.00 e. The number of rotatable bonds is 4. The molecule has 0 saturated carbocycles. The summed E-state index contributed by atoms with van der Waals surface area (Å²) in [7, 11) is 0. The summed E-state index contributed by atoms with van der Waals surface area (Å²) in [6.45, 7) is 5.90. The van der Waals surface area contributed by atoms with E-state index < -0.39 is 0 Å². The number of unbranched alkanes of at least 4 members (excludes halogenated alkanes) is 1. The SMILES string of the molecule is [CH2-]CCCC(=O)OCC.[I-].[Zn+2]. The summed E-state index contributed by atoms with van der Waals surface area (Å²) in [6, 6.07) is 0. The van der Waals surface area contributed by atoms with Crippen molar-refractivity contribution < 1.29 is 53.0 Å². The Morgan fingerprint density at radius 2 is 2.09 bits per heavy atom. The molecule has 11 heavy (non-hydrogen) atoms. The molecule has 62 valence electrons. The van der Waals surface area contributed by atoms with E-state index in [4.69, 9.17) is 0 Å². The average Bonchev–Trinajstić information content (AvgIpc) is 1.85. The maximum Gasteiger partial charge on any atom is 2.00 e. The fraction of sp³-hybridized carbons (Fsp3) is 0.714. The van der Waals surface area contributed by atoms with Gasteiger partial charge in [-0.25, -0.2) is 0 Å². The van der Waals surface area contributed by atoms with Crippen LogP contribution in [0.4, 0.5) is 0 Å². The van der Waals surface area contributed by atoms with Gasteiger partial charge in [-0.3, -0.25) is 4.79 Å². The first-order chi connectivity index (χ1) is 4.31. The fourth-order valence-corrected chi connectivity index (χ4v) is 0.502. The minimum absolute atomic E-state index is 0. The van der Waals surface area contributed by atoms with E-state index in [0.29, 0.717) is 13.0 Å². The van der Waals surface area contributed by atoms with E-state index in [-0.39, 0.29) is 49.4 Å². The molecule has 0 unspecified atom stereocenters. The Bertz CT molecular complexity index is 88.5. The number of esters is 1. The Kier molecular flexibility index (Phi) is 21.7. The van der Waals surface area contributed by atoms with Crippen LogP contribution >= 0.6 is 0 Å². The van der Waals surface area contributed by atoms with Crippen molar-refractivity contribution in [2.75, 3.05) is 6.61 Å². The van der Waals surface area contributed by atoms with E-state index in [1.165, 1.54) is 0 Å². The van der Waals surface area contributed by atoms with Crippen LogP contribution in [-0.2, 0) is 29.0 Å². The number of carbonyl (C=O) groups is 1. The second kappa shape index (κ2) is 13.4. The molecule has 0 aliphatic heterocycles. The summed E-state index contributed by atoms with van der Waals surface area (Å²) in [5, 5.41) is 0. The fourth-order valence-electron chi connectivity index (χ4n) is 0.502. The number of carbonyl (C=O) groups excluding carboxylic acids is 1. The molecular weight excluding hydrogens is 308 g/mol. The van der Waals surface area contributed by atoms with Gasteiger partial charge in [0.15, 0.2) is 0 Å². The van der Waals surface area contributed by atoms with Crippen molar-refractivity contribution in [3.8, 4) is 0 Å². The second-order valence-corrected chi connectivity index (χ2v) is 1.76. The van der Waals surface area contributed by atoms with Crippen LogP contribution in [-0.4, -0.2) is 12.6 Å². The van der Waals surface area contributed by atoms with Crippen molar-refractivity contribution in [2.24, 2.45) is 0 Å². The van der Waals surface area contributed by atoms with Crippen LogP contribution in [0.5, 0.6) is 0 Å². The predicted octanol–water partition coefficient (Wildman–Crippen LogP) is -1.44. The zero-order chi connectivity index (χ0) is 7.11. The average molecular weight is 321 g/mol. The largest absolute Gasteiger partial charge is 2.00 e. The number of ether oxygens (including phenoxy) is 1. The third-order valence-electron chi connectivity index (χ3n) is 0.936. The van der Waals surface area contributed by atoms with Gasteiger partial charge in [-0.2, -0.15) is 6.42 Å². The van der Waals surface area contributed by atoms with Gasteiger partial charge in [0.05, 0.1) is 6.61 Å². The van der Waals surface area contributed by atoms with Crippen LogP contribution in [0.3, 0.4) is 0 Å². The quantitative estimate of drug-likeness (QED) is 0.274. The summed E-state index contributed by atoms with van der Waals surface area (Å²) < 4.78 is 4.68. The van der Waals surface area contributed by atoms with Crippen LogP contribution in [0.2, 0.25) is 0 Å². The van der Waals surface area contributed by atoms with E-state index in [1.807, 2.05) is 6.92 Å². The summed E-state index contributed by atoms with van der Waals surface area (Å²) in [6.07, 6.45) is 2.15. The molecule has 0 aliphatic rings. The van der Waals surface area contributed by atoms with Gasteiger partial charge in [-0.1, -0.05) is 6.42 Å². The molecule has 0 bridgehead atoms. The first kappa shape index (κ1) is 17.8. The van der Waals surface area contributed by atoms with Gasteiger partial charge in [-0.05, 0) is 6.92 Å². The van der Waals surface area contributed by atoms with Crippen LogP contribution in [0, 0.1) is 6.92 Å². The Labute approximate surface area is 98.2 Å². The molecule has 0 rings (SSSR count). The maximum atomic E-state index is 10.6. The Morgan fingerprint density at radius 1 is 1.55 bits per heavy atom. The Hall–Kier alpha value is 0.823. The molecule has 0 aromatic carbocycles. The van der Waals surface area contributed by atoms with Gasteiger partial charge < -0.3 is 35.6 Å². The van der Waals surface area contributed by atoms with Crippen molar-refractivity contribution in [3.63, 3.8) is 0 Å². The minimum Gasteiger partial charge on any atom is -1.00 e. The maximum absolute atomic E-state index is 10.6. The predicted molar refractivity (Wildman–Crippen MR) is 35.8 cm³/mol. The Morgan fingerprint density at radius 3 is 2.45 bits per heavy atom. The summed E-state index contributed by atoms with van der Waals surface area (Å²) in [4.78, 5) is 10.6. The first-order valence-electron chi connectivity index (χ1n) is 3.26. The number of hydrogen-bond acceptors (Lipinski definition) is 2. The zero-order valence-corrected chi connectivity index (χ0v) is 12.1. The van der Waals surface area contributed by atoms with Gasteiger partial charge in [0.2, 0.25) is 0 Å². The molecule has 0 saturated heterocycles. The number of hydrogen-bond donors (Lipinski definition) is 0. The molecule has 0 spiro atoms. The summed E-state index contributed by atoms with van der Waals surface area (Å²) >= 11 is 0. The molecule has 0 heterocycles. The standard InChI is InChI=1S/C7H13O2.HI.Zn/c1-3-5-6-7(8)9-4-2;;/h1,3-6H2,2H3;1H;/q-1;;+2/p-1. The molecule has 0 N–H and O–H groups in total. The number of halogens is 1. The van der Waals surface area contributed by atoms with Gasteiger partial charge in [0, 0.05) is 6.42 Å². The van der Waals surface area contributed by atoms with E-state index in [1.54, 1.807) is 0 Å². The second-order valence-electron chi connectivity index (χ2n) is 1.76.